The van der Waals surface area contributed by atoms with Crippen LogP contribution in [0.3, 0.4) is 0 Å². The molecule has 0 aliphatic rings. The van der Waals surface area contributed by atoms with Gasteiger partial charge in [0.15, 0.2) is 17.4 Å². The maximum atomic E-state index is 13.5. The normalized spacial score (nSPS) is 10.4. The van der Waals surface area contributed by atoms with Gasteiger partial charge in [-0.1, -0.05) is 6.07 Å². The van der Waals surface area contributed by atoms with Crippen molar-refractivity contribution in [2.24, 2.45) is 7.05 Å². The van der Waals surface area contributed by atoms with E-state index in [2.05, 4.69) is 5.10 Å². The van der Waals surface area contributed by atoms with Gasteiger partial charge in [-0.15, -0.1) is 0 Å². The molecular formula is C13H16FN3O. The number of nitrogens with zero attached hydrogens (tertiary/aromatic N) is 3. The number of rotatable bonds is 4. The number of aromatic nitrogens is 2. The Morgan fingerprint density at radius 2 is 2.17 bits per heavy atom. The van der Waals surface area contributed by atoms with Gasteiger partial charge in [0.05, 0.1) is 7.11 Å². The van der Waals surface area contributed by atoms with E-state index < -0.39 is 0 Å². The van der Waals surface area contributed by atoms with E-state index in [1.54, 1.807) is 10.7 Å². The minimum Gasteiger partial charge on any atom is -0.494 e. The molecule has 18 heavy (non-hydrogen) atoms. The quantitative estimate of drug-likeness (QED) is 0.832. The number of benzene rings is 1. The lowest BCUT2D eigenvalue weighted by atomic mass is 10.2. The molecule has 1 aromatic heterocycles. The van der Waals surface area contributed by atoms with Crippen LogP contribution in [0.4, 0.5) is 10.2 Å². The van der Waals surface area contributed by atoms with E-state index in [-0.39, 0.29) is 11.6 Å². The smallest absolute Gasteiger partial charge is 0.165 e. The SMILES string of the molecule is COc1ccc(CN(C)c2ccn(C)n2)cc1F. The number of anilines is 1. The summed E-state index contributed by atoms with van der Waals surface area (Å²) < 4.78 is 20.2. The summed E-state index contributed by atoms with van der Waals surface area (Å²) in [5, 5.41) is 4.29. The molecular weight excluding hydrogens is 233 g/mol. The molecule has 0 bridgehead atoms. The highest BCUT2D eigenvalue weighted by Crippen LogP contribution is 2.19. The van der Waals surface area contributed by atoms with Crippen molar-refractivity contribution in [1.29, 1.82) is 0 Å². The fourth-order valence-corrected chi connectivity index (χ4v) is 1.77. The number of ether oxygens (including phenoxy) is 1. The highest BCUT2D eigenvalue weighted by molar-refractivity contribution is 5.38. The van der Waals surface area contributed by atoms with Crippen molar-refractivity contribution in [3.05, 3.63) is 41.8 Å². The first-order valence-corrected chi connectivity index (χ1v) is 5.63. The zero-order chi connectivity index (χ0) is 13.1. The summed E-state index contributed by atoms with van der Waals surface area (Å²) in [6.07, 6.45) is 1.88. The van der Waals surface area contributed by atoms with Crippen LogP contribution < -0.4 is 9.64 Å². The Labute approximate surface area is 106 Å². The van der Waals surface area contributed by atoms with Crippen molar-refractivity contribution in [3.8, 4) is 5.75 Å². The first-order chi connectivity index (χ1) is 8.60. The molecule has 2 rings (SSSR count). The summed E-state index contributed by atoms with van der Waals surface area (Å²) in [5.41, 5.74) is 0.876. The number of halogens is 1. The number of hydrogen-bond acceptors (Lipinski definition) is 3. The van der Waals surface area contributed by atoms with Crippen LogP contribution >= 0.6 is 0 Å². The van der Waals surface area contributed by atoms with Crippen LogP contribution in [-0.2, 0) is 13.6 Å². The van der Waals surface area contributed by atoms with Crippen LogP contribution in [0.2, 0.25) is 0 Å². The van der Waals surface area contributed by atoms with Gasteiger partial charge in [0, 0.05) is 32.9 Å². The number of methoxy groups -OCH3 is 1. The molecule has 0 spiro atoms. The van der Waals surface area contributed by atoms with E-state index in [4.69, 9.17) is 4.74 Å². The van der Waals surface area contributed by atoms with Gasteiger partial charge in [0.2, 0.25) is 0 Å². The van der Waals surface area contributed by atoms with Crippen LogP contribution in [0.1, 0.15) is 5.56 Å². The standard InChI is InChI=1S/C13H16FN3O/c1-16(13-6-7-17(2)15-13)9-10-4-5-12(18-3)11(14)8-10/h4-8H,9H2,1-3H3. The molecule has 4 nitrogen and oxygen atoms in total. The summed E-state index contributed by atoms with van der Waals surface area (Å²) in [6, 6.07) is 6.89. The molecule has 0 N–H and O–H groups in total. The summed E-state index contributed by atoms with van der Waals surface area (Å²) in [4.78, 5) is 1.96. The average molecular weight is 249 g/mol. The monoisotopic (exact) mass is 249 g/mol. The van der Waals surface area contributed by atoms with E-state index in [9.17, 15) is 4.39 Å². The molecule has 0 unspecified atom stereocenters. The van der Waals surface area contributed by atoms with Gasteiger partial charge >= 0.3 is 0 Å². The van der Waals surface area contributed by atoms with Crippen molar-refractivity contribution in [2.45, 2.75) is 6.54 Å². The highest BCUT2D eigenvalue weighted by Gasteiger charge is 2.08. The van der Waals surface area contributed by atoms with Gasteiger partial charge in [-0.2, -0.15) is 5.10 Å². The number of hydrogen-bond donors (Lipinski definition) is 0. The largest absolute Gasteiger partial charge is 0.494 e. The third-order valence-electron chi connectivity index (χ3n) is 2.73. The molecule has 0 aliphatic carbocycles. The van der Waals surface area contributed by atoms with Gasteiger partial charge in [-0.3, -0.25) is 4.68 Å². The Morgan fingerprint density at radius 3 is 2.72 bits per heavy atom. The first-order valence-electron chi connectivity index (χ1n) is 5.63. The Hall–Kier alpha value is -2.04. The molecule has 0 atom stereocenters. The molecule has 1 aromatic carbocycles. The molecule has 0 saturated carbocycles. The Morgan fingerprint density at radius 1 is 1.39 bits per heavy atom. The summed E-state index contributed by atoms with van der Waals surface area (Å²) in [5.74, 6) is 0.775. The predicted octanol–water partition coefficient (Wildman–Crippen LogP) is 2.20. The molecule has 0 saturated heterocycles. The lowest BCUT2D eigenvalue weighted by Gasteiger charge is -2.16. The van der Waals surface area contributed by atoms with Crippen LogP contribution in [0.15, 0.2) is 30.5 Å². The minimum absolute atomic E-state index is 0.263. The summed E-state index contributed by atoms with van der Waals surface area (Å²) in [6.45, 7) is 0.595. The highest BCUT2D eigenvalue weighted by atomic mass is 19.1. The number of aryl methyl sites for hydroxylation is 1. The van der Waals surface area contributed by atoms with Crippen molar-refractivity contribution >= 4 is 5.82 Å². The zero-order valence-electron chi connectivity index (χ0n) is 10.7. The second-order valence-electron chi connectivity index (χ2n) is 4.17. The van der Waals surface area contributed by atoms with E-state index in [1.807, 2.05) is 37.3 Å². The average Bonchev–Trinajstić information content (AvgIpc) is 2.76. The molecule has 5 heteroatoms. The van der Waals surface area contributed by atoms with Gasteiger partial charge in [0.25, 0.3) is 0 Å². The van der Waals surface area contributed by atoms with E-state index in [0.29, 0.717) is 6.54 Å². The third-order valence-corrected chi connectivity index (χ3v) is 2.73. The second-order valence-corrected chi connectivity index (χ2v) is 4.17. The van der Waals surface area contributed by atoms with E-state index in [1.165, 1.54) is 13.2 Å². The Bertz CT molecular complexity index is 539. The lowest BCUT2D eigenvalue weighted by Crippen LogP contribution is -2.17. The van der Waals surface area contributed by atoms with E-state index >= 15 is 0 Å². The van der Waals surface area contributed by atoms with Crippen LogP contribution in [0, 0.1) is 5.82 Å². The molecule has 0 radical (unpaired) electrons. The Kier molecular flexibility index (Phi) is 3.50. The van der Waals surface area contributed by atoms with Crippen molar-refractivity contribution in [1.82, 2.24) is 9.78 Å². The van der Waals surface area contributed by atoms with E-state index in [0.717, 1.165) is 11.4 Å². The van der Waals surface area contributed by atoms with Gasteiger partial charge in [0.1, 0.15) is 0 Å². The molecule has 0 fully saturated rings. The minimum atomic E-state index is -0.343. The fourth-order valence-electron chi connectivity index (χ4n) is 1.77. The third kappa shape index (κ3) is 2.61. The first kappa shape index (κ1) is 12.4. The van der Waals surface area contributed by atoms with Crippen molar-refractivity contribution in [3.63, 3.8) is 0 Å². The van der Waals surface area contributed by atoms with Crippen LogP contribution in [0.25, 0.3) is 0 Å². The Balaban J connectivity index is 2.12. The topological polar surface area (TPSA) is 30.3 Å². The maximum absolute atomic E-state index is 13.5. The predicted molar refractivity (Wildman–Crippen MR) is 68.3 cm³/mol. The molecule has 0 aliphatic heterocycles. The molecule has 1 heterocycles. The fraction of sp³-hybridized carbons (Fsp3) is 0.308. The van der Waals surface area contributed by atoms with Gasteiger partial charge in [-0.25, -0.2) is 4.39 Å². The summed E-state index contributed by atoms with van der Waals surface area (Å²) in [7, 11) is 5.24. The van der Waals surface area contributed by atoms with Crippen molar-refractivity contribution < 1.29 is 9.13 Å². The molecule has 0 amide bonds. The summed E-state index contributed by atoms with van der Waals surface area (Å²) >= 11 is 0. The maximum Gasteiger partial charge on any atom is 0.165 e. The molecule has 96 valence electrons. The van der Waals surface area contributed by atoms with Gasteiger partial charge < -0.3 is 9.64 Å². The second kappa shape index (κ2) is 5.08. The van der Waals surface area contributed by atoms with Crippen LogP contribution in [-0.4, -0.2) is 23.9 Å². The van der Waals surface area contributed by atoms with Crippen LogP contribution in [0.5, 0.6) is 5.75 Å². The van der Waals surface area contributed by atoms with Gasteiger partial charge in [-0.05, 0) is 17.7 Å². The zero-order valence-corrected chi connectivity index (χ0v) is 10.7. The molecule has 2 aromatic rings. The lowest BCUT2D eigenvalue weighted by molar-refractivity contribution is 0.386. The van der Waals surface area contributed by atoms with Crippen molar-refractivity contribution in [2.75, 3.05) is 19.1 Å².